The highest BCUT2D eigenvalue weighted by Gasteiger charge is 2.21. The van der Waals surface area contributed by atoms with E-state index in [0.29, 0.717) is 0 Å². The largest absolute Gasteiger partial charge is 0.286 e. The Morgan fingerprint density at radius 1 is 0.388 bits per heavy atom. The fraction of sp³-hybridized carbons (Fsp3) is 0. The zero-order chi connectivity index (χ0) is 32.1. The summed E-state index contributed by atoms with van der Waals surface area (Å²) >= 11 is 3.63. The van der Waals surface area contributed by atoms with E-state index >= 15 is 0 Å². The molecule has 11 aromatic rings. The Morgan fingerprint density at radius 2 is 0.939 bits per heavy atom. The van der Waals surface area contributed by atoms with Gasteiger partial charge in [-0.25, -0.2) is 4.98 Å². The van der Waals surface area contributed by atoms with Crippen LogP contribution in [0.15, 0.2) is 158 Å². The fourth-order valence-corrected chi connectivity index (χ4v) is 10.1. The van der Waals surface area contributed by atoms with Gasteiger partial charge in [0.05, 0.1) is 10.2 Å². The summed E-state index contributed by atoms with van der Waals surface area (Å²) in [6, 6.07) is 57.7. The molecule has 0 radical (unpaired) electrons. The highest BCUT2D eigenvalue weighted by Crippen LogP contribution is 2.46. The lowest BCUT2D eigenvalue weighted by Crippen LogP contribution is -2.09. The second-order valence-electron chi connectivity index (χ2n) is 12.7. The molecule has 228 valence electrons. The molecule has 0 aliphatic rings. The van der Waals surface area contributed by atoms with Crippen molar-refractivity contribution in [1.29, 1.82) is 0 Å². The summed E-state index contributed by atoms with van der Waals surface area (Å²) < 4.78 is 3.82. The van der Waals surface area contributed by atoms with Gasteiger partial charge in [0.15, 0.2) is 5.13 Å². The molecule has 0 saturated heterocycles. The maximum Gasteiger partial charge on any atom is 0.195 e. The van der Waals surface area contributed by atoms with Gasteiger partial charge in [0.1, 0.15) is 0 Å². The van der Waals surface area contributed by atoms with Gasteiger partial charge in [-0.3, -0.25) is 4.90 Å². The van der Waals surface area contributed by atoms with Crippen molar-refractivity contribution < 1.29 is 0 Å². The second-order valence-corrected chi connectivity index (χ2v) is 14.8. The number of hydrogen-bond acceptors (Lipinski definition) is 4. The average molecular weight is 659 g/mol. The maximum atomic E-state index is 5.39. The molecule has 0 amide bonds. The van der Waals surface area contributed by atoms with Gasteiger partial charge in [0.25, 0.3) is 0 Å². The lowest BCUT2D eigenvalue weighted by molar-refractivity contribution is 1.26. The predicted molar refractivity (Wildman–Crippen MR) is 215 cm³/mol. The molecule has 0 aliphatic heterocycles. The van der Waals surface area contributed by atoms with E-state index in [-0.39, 0.29) is 0 Å². The number of anilines is 3. The highest BCUT2D eigenvalue weighted by molar-refractivity contribution is 7.25. The van der Waals surface area contributed by atoms with Gasteiger partial charge in [0.2, 0.25) is 0 Å². The summed E-state index contributed by atoms with van der Waals surface area (Å²) in [5, 5.41) is 16.2. The highest BCUT2D eigenvalue weighted by atomic mass is 32.1. The molecule has 9 aromatic carbocycles. The standard InChI is InChI=1S/C45H26N2S2/c1-2-10-31-27(9-1)17-18-28-19-23-40-44(43(28)31)49-45(46-40)47(30-21-24-42-39(26-30)37-15-7-8-16-41(37)48-42)29-20-22-36-34-13-4-3-11-32(34)33-12-5-6-14-35(33)38(36)25-29/h1-26H. The van der Waals surface area contributed by atoms with Crippen molar-refractivity contribution in [2.45, 2.75) is 0 Å². The Labute approximate surface area is 289 Å². The number of thiazole rings is 1. The first-order valence-corrected chi connectivity index (χ1v) is 18.2. The van der Waals surface area contributed by atoms with Crippen molar-refractivity contribution in [2.24, 2.45) is 0 Å². The van der Waals surface area contributed by atoms with E-state index in [4.69, 9.17) is 4.98 Å². The van der Waals surface area contributed by atoms with Crippen LogP contribution in [-0.2, 0) is 0 Å². The van der Waals surface area contributed by atoms with Gasteiger partial charge in [-0.15, -0.1) is 11.3 Å². The van der Waals surface area contributed by atoms with Gasteiger partial charge in [-0.1, -0.05) is 127 Å². The lowest BCUT2D eigenvalue weighted by atomic mass is 9.94. The third kappa shape index (κ3) is 4.02. The monoisotopic (exact) mass is 658 g/mol. The second kappa shape index (κ2) is 10.3. The first kappa shape index (κ1) is 27.2. The third-order valence-electron chi connectivity index (χ3n) is 10.0. The Bertz CT molecular complexity index is 3100. The number of hydrogen-bond donors (Lipinski definition) is 0. The van der Waals surface area contributed by atoms with Crippen LogP contribution in [0.4, 0.5) is 16.5 Å². The Kier molecular flexibility index (Phi) is 5.74. The molecule has 2 nitrogen and oxygen atoms in total. The van der Waals surface area contributed by atoms with Crippen molar-refractivity contribution in [3.05, 3.63) is 158 Å². The molecule has 0 aliphatic carbocycles. The maximum absolute atomic E-state index is 5.39. The van der Waals surface area contributed by atoms with Crippen LogP contribution in [-0.4, -0.2) is 4.98 Å². The van der Waals surface area contributed by atoms with Crippen LogP contribution in [0.25, 0.3) is 84.3 Å². The molecule has 0 bridgehead atoms. The molecule has 2 heterocycles. The Hall–Kier alpha value is -5.81. The van der Waals surface area contributed by atoms with Crippen molar-refractivity contribution in [2.75, 3.05) is 4.90 Å². The minimum Gasteiger partial charge on any atom is -0.286 e. The number of rotatable bonds is 3. The van der Waals surface area contributed by atoms with Crippen molar-refractivity contribution in [3.63, 3.8) is 0 Å². The topological polar surface area (TPSA) is 16.1 Å². The summed E-state index contributed by atoms with van der Waals surface area (Å²) in [7, 11) is 0. The van der Waals surface area contributed by atoms with Crippen LogP contribution < -0.4 is 4.90 Å². The molecular formula is C45H26N2S2. The normalized spacial score (nSPS) is 12.1. The Balaban J connectivity index is 1.22. The molecule has 11 rings (SSSR count). The zero-order valence-electron chi connectivity index (χ0n) is 26.2. The first-order chi connectivity index (χ1) is 24.3. The van der Waals surface area contributed by atoms with E-state index in [9.17, 15) is 0 Å². The van der Waals surface area contributed by atoms with Gasteiger partial charge in [-0.2, -0.15) is 0 Å². The summed E-state index contributed by atoms with van der Waals surface area (Å²) in [6.45, 7) is 0. The summed E-state index contributed by atoms with van der Waals surface area (Å²) in [4.78, 5) is 7.76. The van der Waals surface area contributed by atoms with Crippen LogP contribution in [0.5, 0.6) is 0 Å². The molecule has 0 unspecified atom stereocenters. The van der Waals surface area contributed by atoms with Crippen molar-refractivity contribution in [3.8, 4) is 0 Å². The number of thiophene rings is 1. The lowest BCUT2D eigenvalue weighted by Gasteiger charge is -2.23. The molecule has 0 atom stereocenters. The molecule has 49 heavy (non-hydrogen) atoms. The quantitative estimate of drug-likeness (QED) is 0.176. The minimum absolute atomic E-state index is 0.957. The SMILES string of the molecule is c1ccc2c(c1)ccc1ccc3nc(N(c4ccc5sc6ccccc6c5c4)c4ccc5c6ccccc6c6ccccc6c5c4)sc3c12. The first-order valence-electron chi connectivity index (χ1n) is 16.5. The molecule has 4 heteroatoms. The molecule has 0 saturated carbocycles. The van der Waals surface area contributed by atoms with E-state index < -0.39 is 0 Å². The van der Waals surface area contributed by atoms with E-state index in [0.717, 1.165) is 22.0 Å². The van der Waals surface area contributed by atoms with E-state index in [1.807, 2.05) is 11.3 Å². The third-order valence-corrected chi connectivity index (χ3v) is 12.3. The smallest absolute Gasteiger partial charge is 0.195 e. The van der Waals surface area contributed by atoms with Crippen LogP contribution in [0.2, 0.25) is 0 Å². The molecule has 2 aromatic heterocycles. The molecule has 0 spiro atoms. The van der Waals surface area contributed by atoms with E-state index in [1.165, 1.54) is 78.7 Å². The number of benzene rings is 9. The van der Waals surface area contributed by atoms with Crippen molar-refractivity contribution in [1.82, 2.24) is 4.98 Å². The van der Waals surface area contributed by atoms with Gasteiger partial charge >= 0.3 is 0 Å². The van der Waals surface area contributed by atoms with E-state index in [1.54, 1.807) is 11.3 Å². The number of fused-ring (bicyclic) bond motifs is 14. The molecular weight excluding hydrogens is 633 g/mol. The summed E-state index contributed by atoms with van der Waals surface area (Å²) in [6.07, 6.45) is 0. The fourth-order valence-electron chi connectivity index (χ4n) is 7.82. The van der Waals surface area contributed by atoms with Crippen LogP contribution in [0, 0.1) is 0 Å². The van der Waals surface area contributed by atoms with E-state index in [2.05, 4.69) is 163 Å². The van der Waals surface area contributed by atoms with Crippen LogP contribution in [0.3, 0.4) is 0 Å². The summed E-state index contributed by atoms with van der Waals surface area (Å²) in [5.74, 6) is 0. The van der Waals surface area contributed by atoms with Crippen LogP contribution >= 0.6 is 22.7 Å². The number of nitrogens with zero attached hydrogens (tertiary/aromatic N) is 2. The molecule has 0 N–H and O–H groups in total. The zero-order valence-corrected chi connectivity index (χ0v) is 27.9. The minimum atomic E-state index is 0.957. The number of aromatic nitrogens is 1. The van der Waals surface area contributed by atoms with Gasteiger partial charge in [-0.05, 0) is 90.9 Å². The van der Waals surface area contributed by atoms with Gasteiger partial charge in [0, 0.05) is 36.9 Å². The predicted octanol–water partition coefficient (Wildman–Crippen LogP) is 13.9. The average Bonchev–Trinajstić information content (AvgIpc) is 3.76. The van der Waals surface area contributed by atoms with Crippen molar-refractivity contribution >= 4 is 123 Å². The Morgan fingerprint density at radius 3 is 1.71 bits per heavy atom. The van der Waals surface area contributed by atoms with Gasteiger partial charge < -0.3 is 0 Å². The van der Waals surface area contributed by atoms with Crippen LogP contribution in [0.1, 0.15) is 0 Å². The molecule has 0 fully saturated rings. The summed E-state index contributed by atoms with van der Waals surface area (Å²) in [5.41, 5.74) is 3.22.